The fraction of sp³-hybridized carbons (Fsp3) is 1.00. The highest BCUT2D eigenvalue weighted by Crippen LogP contribution is 2.49. The van der Waals surface area contributed by atoms with Crippen LogP contribution in [0.2, 0.25) is 39.3 Å². The first kappa shape index (κ1) is 13.6. The molecular weight excluding hydrogens is 219 g/mol. The fourth-order valence-electron chi connectivity index (χ4n) is 1.01. The highest BCUT2D eigenvalue weighted by molar-refractivity contribution is 7.56. The minimum absolute atomic E-state index is 1.57. The van der Waals surface area contributed by atoms with Crippen LogP contribution >= 0.6 is 7.60 Å². The summed E-state index contributed by atoms with van der Waals surface area (Å²) in [6.07, 6.45) is 0. The van der Waals surface area contributed by atoms with E-state index in [1.165, 1.54) is 0 Å². The van der Waals surface area contributed by atoms with Gasteiger partial charge in [0.15, 0.2) is 16.6 Å². The van der Waals surface area contributed by atoms with Crippen molar-refractivity contribution in [2.24, 2.45) is 0 Å². The van der Waals surface area contributed by atoms with Gasteiger partial charge in [0.1, 0.15) is 0 Å². The lowest BCUT2D eigenvalue weighted by molar-refractivity contribution is 0.391. The summed E-state index contributed by atoms with van der Waals surface area (Å²) in [6.45, 7) is 13.6. The molecule has 0 fully saturated rings. The zero-order valence-electron chi connectivity index (χ0n) is 9.67. The molecule has 13 heavy (non-hydrogen) atoms. The van der Waals surface area contributed by atoms with Crippen molar-refractivity contribution in [3.63, 3.8) is 0 Å². The van der Waals surface area contributed by atoms with E-state index in [9.17, 15) is 4.57 Å². The lowest BCUT2D eigenvalue weighted by Gasteiger charge is -2.28. The Balaban J connectivity index is 4.35. The van der Waals surface area contributed by atoms with Crippen LogP contribution < -0.4 is 0 Å². The first-order chi connectivity index (χ1) is 5.41. The summed E-state index contributed by atoms with van der Waals surface area (Å²) in [5.74, 6) is 0. The smallest absolute Gasteiger partial charge is 0.308 e. The second-order valence-electron chi connectivity index (χ2n) is 5.18. The molecule has 0 aliphatic rings. The van der Waals surface area contributed by atoms with Crippen LogP contribution in [0.3, 0.4) is 0 Å². The van der Waals surface area contributed by atoms with Gasteiger partial charge in [-0.1, -0.05) is 0 Å². The molecule has 0 atom stereocenters. The standard InChI is InChI=1S/C7H21O3PSi2/c1-11(8,9-12(2,3)4)10-13(5,6)7/h1-7H3. The first-order valence-corrected chi connectivity index (χ1v) is 13.2. The van der Waals surface area contributed by atoms with E-state index in [1.807, 2.05) is 39.3 Å². The van der Waals surface area contributed by atoms with Gasteiger partial charge in [-0.05, 0) is 39.3 Å². The van der Waals surface area contributed by atoms with Crippen LogP contribution in [0.1, 0.15) is 0 Å². The lowest BCUT2D eigenvalue weighted by Crippen LogP contribution is -2.29. The van der Waals surface area contributed by atoms with Crippen LogP contribution in [0, 0.1) is 0 Å². The molecule has 0 aliphatic carbocycles. The van der Waals surface area contributed by atoms with Crippen LogP contribution in [0.15, 0.2) is 0 Å². The lowest BCUT2D eigenvalue weighted by atomic mass is 11.8. The third-order valence-corrected chi connectivity index (χ3v) is 7.91. The molecule has 0 saturated heterocycles. The predicted octanol–water partition coefficient (Wildman–Crippen LogP) is 3.51. The summed E-state index contributed by atoms with van der Waals surface area (Å²) in [4.78, 5) is 0. The average molecular weight is 240 g/mol. The summed E-state index contributed by atoms with van der Waals surface area (Å²) in [5.41, 5.74) is 0. The first-order valence-electron chi connectivity index (χ1n) is 4.40. The van der Waals surface area contributed by atoms with Crippen LogP contribution in [0.4, 0.5) is 0 Å². The minimum Gasteiger partial charge on any atom is -0.352 e. The maximum Gasteiger partial charge on any atom is 0.308 e. The highest BCUT2D eigenvalue weighted by Gasteiger charge is 2.32. The van der Waals surface area contributed by atoms with E-state index in [0.29, 0.717) is 0 Å². The maximum absolute atomic E-state index is 11.9. The van der Waals surface area contributed by atoms with Crippen molar-refractivity contribution in [3.05, 3.63) is 0 Å². The van der Waals surface area contributed by atoms with Gasteiger partial charge in [-0.2, -0.15) is 0 Å². The Morgan fingerprint density at radius 3 is 1.23 bits per heavy atom. The summed E-state index contributed by atoms with van der Waals surface area (Å²) in [7, 11) is -6.33. The highest BCUT2D eigenvalue weighted by atomic mass is 31.2. The Kier molecular flexibility index (Phi) is 4.16. The van der Waals surface area contributed by atoms with Crippen LogP contribution in [0.5, 0.6) is 0 Å². The van der Waals surface area contributed by atoms with Crippen LogP contribution in [-0.2, 0) is 13.0 Å². The van der Waals surface area contributed by atoms with Crippen LogP contribution in [-0.4, -0.2) is 23.3 Å². The van der Waals surface area contributed by atoms with E-state index < -0.39 is 24.2 Å². The van der Waals surface area contributed by atoms with Crippen molar-refractivity contribution in [2.75, 3.05) is 6.66 Å². The van der Waals surface area contributed by atoms with Gasteiger partial charge >= 0.3 is 7.60 Å². The zero-order valence-corrected chi connectivity index (χ0v) is 12.6. The van der Waals surface area contributed by atoms with Crippen LogP contribution in [0.25, 0.3) is 0 Å². The largest absolute Gasteiger partial charge is 0.352 e. The number of rotatable bonds is 4. The molecule has 0 aromatic carbocycles. The molecule has 0 amide bonds. The van der Waals surface area contributed by atoms with Crippen molar-refractivity contribution in [1.29, 1.82) is 0 Å². The molecule has 0 aromatic rings. The van der Waals surface area contributed by atoms with E-state index in [2.05, 4.69) is 0 Å². The summed E-state index contributed by atoms with van der Waals surface area (Å²) in [6, 6.07) is 0. The molecule has 0 N–H and O–H groups in total. The molecule has 0 aromatic heterocycles. The molecule has 0 aliphatic heterocycles. The van der Waals surface area contributed by atoms with E-state index in [4.69, 9.17) is 8.43 Å². The zero-order chi connectivity index (χ0) is 10.9. The summed E-state index contributed by atoms with van der Waals surface area (Å²) < 4.78 is 22.9. The van der Waals surface area contributed by atoms with Crippen molar-refractivity contribution >= 4 is 24.2 Å². The third kappa shape index (κ3) is 8.90. The van der Waals surface area contributed by atoms with Gasteiger partial charge in [-0.25, -0.2) is 0 Å². The summed E-state index contributed by atoms with van der Waals surface area (Å²) >= 11 is 0. The van der Waals surface area contributed by atoms with E-state index in [1.54, 1.807) is 6.66 Å². The number of hydrogen-bond donors (Lipinski definition) is 0. The van der Waals surface area contributed by atoms with Gasteiger partial charge in [0, 0.05) is 6.66 Å². The van der Waals surface area contributed by atoms with Crippen molar-refractivity contribution < 1.29 is 13.0 Å². The molecule has 3 nitrogen and oxygen atoms in total. The average Bonchev–Trinajstić information content (AvgIpc) is 1.43. The van der Waals surface area contributed by atoms with E-state index >= 15 is 0 Å². The molecule has 0 unspecified atom stereocenters. The maximum atomic E-state index is 11.9. The molecule has 0 bridgehead atoms. The molecule has 6 heteroatoms. The second kappa shape index (κ2) is 3.99. The Bertz CT molecular complexity index is 197. The predicted molar refractivity (Wildman–Crippen MR) is 62.4 cm³/mol. The van der Waals surface area contributed by atoms with Crippen molar-refractivity contribution in [1.82, 2.24) is 0 Å². The SMILES string of the molecule is C[Si](C)(C)OP(C)(=O)O[Si](C)(C)C. The number of hydrogen-bond acceptors (Lipinski definition) is 3. The second-order valence-corrected chi connectivity index (χ2v) is 16.6. The molecule has 0 radical (unpaired) electrons. The Morgan fingerprint density at radius 2 is 1.08 bits per heavy atom. The molecule has 0 saturated carbocycles. The third-order valence-electron chi connectivity index (χ3n) is 0.879. The van der Waals surface area contributed by atoms with E-state index in [0.717, 1.165) is 0 Å². The van der Waals surface area contributed by atoms with Gasteiger partial charge in [0.2, 0.25) is 0 Å². The molecule has 80 valence electrons. The molecule has 0 rings (SSSR count). The van der Waals surface area contributed by atoms with Gasteiger partial charge in [0.05, 0.1) is 0 Å². The molecule has 0 spiro atoms. The van der Waals surface area contributed by atoms with Gasteiger partial charge in [-0.15, -0.1) is 0 Å². The minimum atomic E-state index is -2.81. The molecular formula is C7H21O3PSi2. The van der Waals surface area contributed by atoms with Crippen molar-refractivity contribution in [2.45, 2.75) is 39.3 Å². The Morgan fingerprint density at radius 1 is 0.846 bits per heavy atom. The summed E-state index contributed by atoms with van der Waals surface area (Å²) in [5, 5.41) is 0. The molecule has 0 heterocycles. The van der Waals surface area contributed by atoms with Gasteiger partial charge in [-0.3, -0.25) is 4.57 Å². The topological polar surface area (TPSA) is 35.5 Å². The van der Waals surface area contributed by atoms with Gasteiger partial charge in [0.25, 0.3) is 0 Å². The van der Waals surface area contributed by atoms with Crippen molar-refractivity contribution in [3.8, 4) is 0 Å². The Labute approximate surface area is 83.6 Å². The normalized spacial score (nSPS) is 14.7. The fourth-order valence-corrected chi connectivity index (χ4v) is 9.46. The quantitative estimate of drug-likeness (QED) is 0.557. The van der Waals surface area contributed by atoms with Gasteiger partial charge < -0.3 is 8.43 Å². The Hall–Kier alpha value is 0.584. The monoisotopic (exact) mass is 240 g/mol. The van der Waals surface area contributed by atoms with E-state index in [-0.39, 0.29) is 0 Å².